The molecule has 3 N–H and O–H groups in total. The Kier molecular flexibility index (Phi) is 4.72. The highest BCUT2D eigenvalue weighted by atomic mass is 16.3. The van der Waals surface area contributed by atoms with Crippen molar-refractivity contribution in [3.63, 3.8) is 0 Å². The third kappa shape index (κ3) is 3.20. The Balaban J connectivity index is 2.81. The molecular formula is C11H17N3O2. The molecule has 0 spiro atoms. The number of carbonyl (C=O) groups excluding carboxylic acids is 1. The van der Waals surface area contributed by atoms with Crippen LogP contribution < -0.4 is 5.73 Å². The highest BCUT2D eigenvalue weighted by molar-refractivity contribution is 5.94. The van der Waals surface area contributed by atoms with Crippen molar-refractivity contribution in [1.29, 1.82) is 0 Å². The summed E-state index contributed by atoms with van der Waals surface area (Å²) in [7, 11) is 0. The van der Waals surface area contributed by atoms with E-state index >= 15 is 0 Å². The minimum absolute atomic E-state index is 0.0354. The first-order valence-corrected chi connectivity index (χ1v) is 5.30. The van der Waals surface area contributed by atoms with E-state index in [1.165, 1.54) is 6.20 Å². The maximum absolute atomic E-state index is 12.0. The van der Waals surface area contributed by atoms with E-state index < -0.39 is 0 Å². The molecule has 0 atom stereocenters. The second-order valence-electron chi connectivity index (χ2n) is 3.49. The molecule has 0 radical (unpaired) electrons. The first-order chi connectivity index (χ1) is 7.69. The predicted molar refractivity (Wildman–Crippen MR) is 61.9 cm³/mol. The van der Waals surface area contributed by atoms with Crippen LogP contribution in [0.5, 0.6) is 0 Å². The molecule has 1 aromatic heterocycles. The summed E-state index contributed by atoms with van der Waals surface area (Å²) in [5.41, 5.74) is 6.02. The van der Waals surface area contributed by atoms with Crippen LogP contribution in [0.25, 0.3) is 0 Å². The quantitative estimate of drug-likeness (QED) is 0.762. The van der Waals surface area contributed by atoms with Crippen LogP contribution in [-0.2, 0) is 0 Å². The highest BCUT2D eigenvalue weighted by Gasteiger charge is 2.14. The second kappa shape index (κ2) is 6.07. The standard InChI is InChI=1S/C11H17N3O2/c1-2-5-14(6-7-15)11(16)9-3-4-13-10(12)8-9/h3-4,8,15H,2,5-7H2,1H3,(H2,12,13). The van der Waals surface area contributed by atoms with Crippen molar-refractivity contribution in [2.45, 2.75) is 13.3 Å². The van der Waals surface area contributed by atoms with Gasteiger partial charge in [-0.1, -0.05) is 6.92 Å². The monoisotopic (exact) mass is 223 g/mol. The summed E-state index contributed by atoms with van der Waals surface area (Å²) in [4.78, 5) is 17.4. The number of nitrogens with two attached hydrogens (primary N) is 1. The average Bonchev–Trinajstić information content (AvgIpc) is 2.28. The van der Waals surface area contributed by atoms with Crippen molar-refractivity contribution >= 4 is 11.7 Å². The van der Waals surface area contributed by atoms with E-state index in [1.54, 1.807) is 17.0 Å². The zero-order valence-electron chi connectivity index (χ0n) is 9.39. The molecule has 0 aliphatic rings. The number of aliphatic hydroxyl groups is 1. The maximum atomic E-state index is 12.0. The molecule has 1 amide bonds. The molecule has 0 saturated heterocycles. The van der Waals surface area contributed by atoms with Crippen molar-refractivity contribution in [3.05, 3.63) is 23.9 Å². The van der Waals surface area contributed by atoms with Gasteiger partial charge in [-0.3, -0.25) is 4.79 Å². The van der Waals surface area contributed by atoms with Crippen LogP contribution in [0.3, 0.4) is 0 Å². The van der Waals surface area contributed by atoms with Crippen molar-refractivity contribution in [1.82, 2.24) is 9.88 Å². The fraction of sp³-hybridized carbons (Fsp3) is 0.455. The topological polar surface area (TPSA) is 79.5 Å². The first-order valence-electron chi connectivity index (χ1n) is 5.30. The SMILES string of the molecule is CCCN(CCO)C(=O)c1ccnc(N)c1. The number of carbonyl (C=O) groups is 1. The number of nitrogen functional groups attached to an aromatic ring is 1. The first kappa shape index (κ1) is 12.4. The van der Waals surface area contributed by atoms with E-state index in [-0.39, 0.29) is 12.5 Å². The Labute approximate surface area is 94.9 Å². The van der Waals surface area contributed by atoms with Gasteiger partial charge in [0.05, 0.1) is 6.61 Å². The molecule has 16 heavy (non-hydrogen) atoms. The van der Waals surface area contributed by atoms with Crippen LogP contribution >= 0.6 is 0 Å². The lowest BCUT2D eigenvalue weighted by Gasteiger charge is -2.21. The van der Waals surface area contributed by atoms with Crippen LogP contribution in [0.2, 0.25) is 0 Å². The third-order valence-corrected chi connectivity index (χ3v) is 2.18. The van der Waals surface area contributed by atoms with Gasteiger partial charge in [0, 0.05) is 24.8 Å². The number of aromatic nitrogens is 1. The van der Waals surface area contributed by atoms with Crippen LogP contribution in [0, 0.1) is 0 Å². The van der Waals surface area contributed by atoms with Gasteiger partial charge in [0.1, 0.15) is 5.82 Å². The minimum atomic E-state index is -0.120. The van der Waals surface area contributed by atoms with Gasteiger partial charge in [-0.2, -0.15) is 0 Å². The molecule has 0 fully saturated rings. The largest absolute Gasteiger partial charge is 0.395 e. The Morgan fingerprint density at radius 2 is 2.31 bits per heavy atom. The number of hydrogen-bond acceptors (Lipinski definition) is 4. The molecule has 0 aliphatic carbocycles. The molecule has 0 bridgehead atoms. The summed E-state index contributed by atoms with van der Waals surface area (Å²) < 4.78 is 0. The summed E-state index contributed by atoms with van der Waals surface area (Å²) in [6.45, 7) is 2.92. The average molecular weight is 223 g/mol. The van der Waals surface area contributed by atoms with Crippen molar-refractivity contribution < 1.29 is 9.90 Å². The van der Waals surface area contributed by atoms with E-state index in [0.717, 1.165) is 6.42 Å². The van der Waals surface area contributed by atoms with E-state index in [4.69, 9.17) is 10.8 Å². The summed E-state index contributed by atoms with van der Waals surface area (Å²) in [5.74, 6) is 0.205. The van der Waals surface area contributed by atoms with Crippen molar-refractivity contribution in [3.8, 4) is 0 Å². The molecule has 0 unspecified atom stereocenters. The van der Waals surface area contributed by atoms with Crippen LogP contribution in [0.15, 0.2) is 18.3 Å². The van der Waals surface area contributed by atoms with Crippen molar-refractivity contribution in [2.75, 3.05) is 25.4 Å². The molecule has 1 rings (SSSR count). The van der Waals surface area contributed by atoms with Crippen LogP contribution in [-0.4, -0.2) is 40.6 Å². The molecule has 0 aromatic carbocycles. The summed E-state index contributed by atoms with van der Waals surface area (Å²) >= 11 is 0. The highest BCUT2D eigenvalue weighted by Crippen LogP contribution is 2.07. The van der Waals surface area contributed by atoms with Gasteiger partial charge in [-0.15, -0.1) is 0 Å². The molecule has 1 heterocycles. The zero-order valence-corrected chi connectivity index (χ0v) is 9.39. The van der Waals surface area contributed by atoms with Gasteiger partial charge in [-0.05, 0) is 18.6 Å². The number of hydrogen-bond donors (Lipinski definition) is 2. The van der Waals surface area contributed by atoms with E-state index in [2.05, 4.69) is 4.98 Å². The smallest absolute Gasteiger partial charge is 0.254 e. The Bertz CT molecular complexity index is 349. The van der Waals surface area contributed by atoms with Gasteiger partial charge in [0.15, 0.2) is 0 Å². The molecular weight excluding hydrogens is 206 g/mol. The lowest BCUT2D eigenvalue weighted by Crippen LogP contribution is -2.34. The van der Waals surface area contributed by atoms with Gasteiger partial charge >= 0.3 is 0 Å². The van der Waals surface area contributed by atoms with E-state index in [0.29, 0.717) is 24.5 Å². The summed E-state index contributed by atoms with van der Waals surface area (Å²) in [6.07, 6.45) is 2.36. The molecule has 1 aromatic rings. The number of rotatable bonds is 5. The van der Waals surface area contributed by atoms with Crippen LogP contribution in [0.4, 0.5) is 5.82 Å². The lowest BCUT2D eigenvalue weighted by molar-refractivity contribution is 0.0722. The Morgan fingerprint density at radius 1 is 1.56 bits per heavy atom. The number of anilines is 1. The van der Waals surface area contributed by atoms with Crippen molar-refractivity contribution in [2.24, 2.45) is 0 Å². The molecule has 0 saturated carbocycles. The number of aliphatic hydroxyl groups excluding tert-OH is 1. The molecule has 88 valence electrons. The molecule has 5 heteroatoms. The van der Waals surface area contributed by atoms with Gasteiger partial charge in [0.25, 0.3) is 5.91 Å². The Morgan fingerprint density at radius 3 is 2.88 bits per heavy atom. The number of amides is 1. The summed E-state index contributed by atoms with van der Waals surface area (Å²) in [6, 6.07) is 3.17. The molecule has 5 nitrogen and oxygen atoms in total. The lowest BCUT2D eigenvalue weighted by atomic mass is 10.2. The fourth-order valence-electron chi connectivity index (χ4n) is 1.47. The normalized spacial score (nSPS) is 10.1. The summed E-state index contributed by atoms with van der Waals surface area (Å²) in [5, 5.41) is 8.88. The minimum Gasteiger partial charge on any atom is -0.395 e. The third-order valence-electron chi connectivity index (χ3n) is 2.18. The zero-order chi connectivity index (χ0) is 12.0. The second-order valence-corrected chi connectivity index (χ2v) is 3.49. The van der Waals surface area contributed by atoms with Gasteiger partial charge < -0.3 is 15.7 Å². The van der Waals surface area contributed by atoms with E-state index in [1.807, 2.05) is 6.92 Å². The van der Waals surface area contributed by atoms with Gasteiger partial charge in [0.2, 0.25) is 0 Å². The number of nitrogens with zero attached hydrogens (tertiary/aromatic N) is 2. The van der Waals surface area contributed by atoms with Gasteiger partial charge in [-0.25, -0.2) is 4.98 Å². The predicted octanol–water partition coefficient (Wildman–Crippen LogP) is 0.508. The van der Waals surface area contributed by atoms with E-state index in [9.17, 15) is 4.79 Å². The van der Waals surface area contributed by atoms with Crippen LogP contribution in [0.1, 0.15) is 23.7 Å². The fourth-order valence-corrected chi connectivity index (χ4v) is 1.47. The number of pyridine rings is 1. The maximum Gasteiger partial charge on any atom is 0.254 e. The Hall–Kier alpha value is -1.62. The molecule has 0 aliphatic heterocycles.